The second-order valence-corrected chi connectivity index (χ2v) is 5.60. The predicted molar refractivity (Wildman–Crippen MR) is 76.5 cm³/mol. The van der Waals surface area contributed by atoms with Crippen molar-refractivity contribution in [3.05, 3.63) is 30.1 Å². The molecule has 0 spiro atoms. The van der Waals surface area contributed by atoms with Crippen molar-refractivity contribution < 1.29 is 0 Å². The lowest BCUT2D eigenvalue weighted by molar-refractivity contribution is 0.328. The van der Waals surface area contributed by atoms with Crippen molar-refractivity contribution in [2.75, 3.05) is 0 Å². The molecular formula is C15H23N3. The van der Waals surface area contributed by atoms with E-state index in [-0.39, 0.29) is 5.54 Å². The number of nitrogens with two attached hydrogens (primary N) is 1. The van der Waals surface area contributed by atoms with E-state index < -0.39 is 0 Å². The van der Waals surface area contributed by atoms with Crippen LogP contribution in [0.3, 0.4) is 0 Å². The summed E-state index contributed by atoms with van der Waals surface area (Å²) in [6, 6.07) is 8.28. The molecule has 1 heterocycles. The Kier molecular flexibility index (Phi) is 3.44. The molecule has 0 aliphatic carbocycles. The number of hydrogen-bond donors (Lipinski definition) is 1. The standard InChI is InChI=1S/C15H23N3/c1-5-18-13-9-7-6-8-12(13)17-14(18)10-15(4,16)11(2)3/h6-9,11H,5,10,16H2,1-4H3. The zero-order chi connectivity index (χ0) is 13.3. The maximum absolute atomic E-state index is 6.38. The van der Waals surface area contributed by atoms with Gasteiger partial charge in [0.15, 0.2) is 0 Å². The summed E-state index contributed by atoms with van der Waals surface area (Å²) in [5, 5.41) is 0. The van der Waals surface area contributed by atoms with Crippen LogP contribution in [-0.2, 0) is 13.0 Å². The number of aromatic nitrogens is 2. The van der Waals surface area contributed by atoms with Crippen molar-refractivity contribution in [2.24, 2.45) is 11.7 Å². The number of hydrogen-bond acceptors (Lipinski definition) is 2. The molecule has 0 radical (unpaired) electrons. The molecule has 0 aliphatic heterocycles. The van der Waals surface area contributed by atoms with E-state index in [9.17, 15) is 0 Å². The van der Waals surface area contributed by atoms with Gasteiger partial charge in [0, 0.05) is 18.5 Å². The number of fused-ring (bicyclic) bond motifs is 1. The third-order valence-corrected chi connectivity index (χ3v) is 3.91. The van der Waals surface area contributed by atoms with E-state index in [2.05, 4.69) is 50.5 Å². The van der Waals surface area contributed by atoms with Crippen molar-refractivity contribution >= 4 is 11.0 Å². The maximum Gasteiger partial charge on any atom is 0.111 e. The van der Waals surface area contributed by atoms with Gasteiger partial charge in [-0.3, -0.25) is 0 Å². The van der Waals surface area contributed by atoms with E-state index in [0.717, 1.165) is 24.3 Å². The SMILES string of the molecule is CCn1c(CC(C)(N)C(C)C)nc2ccccc21. The number of rotatable bonds is 4. The van der Waals surface area contributed by atoms with Gasteiger partial charge in [-0.2, -0.15) is 0 Å². The highest BCUT2D eigenvalue weighted by Gasteiger charge is 2.26. The first-order chi connectivity index (χ1) is 8.45. The lowest BCUT2D eigenvalue weighted by Crippen LogP contribution is -2.44. The van der Waals surface area contributed by atoms with Crippen molar-refractivity contribution in [2.45, 2.75) is 46.2 Å². The quantitative estimate of drug-likeness (QED) is 0.900. The molecule has 3 nitrogen and oxygen atoms in total. The highest BCUT2D eigenvalue weighted by molar-refractivity contribution is 5.75. The van der Waals surface area contributed by atoms with Crippen LogP contribution in [0.15, 0.2) is 24.3 Å². The Balaban J connectivity index is 2.45. The van der Waals surface area contributed by atoms with Crippen LogP contribution in [0.5, 0.6) is 0 Å². The summed E-state index contributed by atoms with van der Waals surface area (Å²) < 4.78 is 2.27. The molecule has 0 bridgehead atoms. The van der Waals surface area contributed by atoms with Gasteiger partial charge in [0.2, 0.25) is 0 Å². The highest BCUT2D eigenvalue weighted by Crippen LogP contribution is 2.22. The summed E-state index contributed by atoms with van der Waals surface area (Å²) >= 11 is 0. The normalized spacial score (nSPS) is 15.2. The summed E-state index contributed by atoms with van der Waals surface area (Å²) in [5.41, 5.74) is 8.44. The zero-order valence-corrected chi connectivity index (χ0v) is 11.8. The van der Waals surface area contributed by atoms with Crippen LogP contribution in [0.25, 0.3) is 11.0 Å². The highest BCUT2D eigenvalue weighted by atomic mass is 15.1. The molecule has 1 atom stereocenters. The van der Waals surface area contributed by atoms with E-state index in [4.69, 9.17) is 10.7 Å². The van der Waals surface area contributed by atoms with Gasteiger partial charge in [-0.25, -0.2) is 4.98 Å². The van der Waals surface area contributed by atoms with Crippen molar-refractivity contribution in [1.82, 2.24) is 9.55 Å². The van der Waals surface area contributed by atoms with Crippen molar-refractivity contribution in [3.8, 4) is 0 Å². The molecule has 98 valence electrons. The smallest absolute Gasteiger partial charge is 0.111 e. The number of imidazole rings is 1. The van der Waals surface area contributed by atoms with Gasteiger partial charge in [0.05, 0.1) is 11.0 Å². The lowest BCUT2D eigenvalue weighted by Gasteiger charge is -2.28. The van der Waals surface area contributed by atoms with Crippen LogP contribution in [0.1, 0.15) is 33.5 Å². The second-order valence-electron chi connectivity index (χ2n) is 5.60. The van der Waals surface area contributed by atoms with E-state index in [1.54, 1.807) is 0 Å². The largest absolute Gasteiger partial charge is 0.328 e. The first-order valence-corrected chi connectivity index (χ1v) is 6.68. The Morgan fingerprint density at radius 2 is 2.00 bits per heavy atom. The molecule has 0 fully saturated rings. The second kappa shape index (κ2) is 4.73. The zero-order valence-electron chi connectivity index (χ0n) is 11.8. The molecule has 18 heavy (non-hydrogen) atoms. The Morgan fingerprint density at radius 1 is 1.33 bits per heavy atom. The Hall–Kier alpha value is -1.35. The number of aryl methyl sites for hydroxylation is 1. The fourth-order valence-electron chi connectivity index (χ4n) is 2.16. The van der Waals surface area contributed by atoms with E-state index in [1.807, 2.05) is 6.07 Å². The van der Waals surface area contributed by atoms with Crippen LogP contribution >= 0.6 is 0 Å². The van der Waals surface area contributed by atoms with Gasteiger partial charge < -0.3 is 10.3 Å². The summed E-state index contributed by atoms with van der Waals surface area (Å²) in [5.74, 6) is 1.53. The topological polar surface area (TPSA) is 43.8 Å². The predicted octanol–water partition coefficient (Wildman–Crippen LogP) is 2.97. The fraction of sp³-hybridized carbons (Fsp3) is 0.533. The number of nitrogens with zero attached hydrogens (tertiary/aromatic N) is 2. The van der Waals surface area contributed by atoms with Crippen LogP contribution in [0.4, 0.5) is 0 Å². The minimum atomic E-state index is -0.214. The lowest BCUT2D eigenvalue weighted by atomic mass is 9.86. The Morgan fingerprint density at radius 3 is 2.61 bits per heavy atom. The monoisotopic (exact) mass is 245 g/mol. The Bertz CT molecular complexity index is 538. The third-order valence-electron chi connectivity index (χ3n) is 3.91. The van der Waals surface area contributed by atoms with Crippen LogP contribution in [-0.4, -0.2) is 15.1 Å². The molecule has 3 heteroatoms. The first-order valence-electron chi connectivity index (χ1n) is 6.68. The van der Waals surface area contributed by atoms with Crippen LogP contribution in [0.2, 0.25) is 0 Å². The molecule has 2 rings (SSSR count). The van der Waals surface area contributed by atoms with Crippen LogP contribution in [0, 0.1) is 5.92 Å². The summed E-state index contributed by atoms with van der Waals surface area (Å²) in [6.07, 6.45) is 0.813. The molecule has 1 aromatic carbocycles. The van der Waals surface area contributed by atoms with Crippen molar-refractivity contribution in [1.29, 1.82) is 0 Å². The van der Waals surface area contributed by atoms with Crippen molar-refractivity contribution in [3.63, 3.8) is 0 Å². The van der Waals surface area contributed by atoms with Gasteiger partial charge in [0.25, 0.3) is 0 Å². The van der Waals surface area contributed by atoms with Gasteiger partial charge in [0.1, 0.15) is 5.82 Å². The van der Waals surface area contributed by atoms with E-state index >= 15 is 0 Å². The summed E-state index contributed by atoms with van der Waals surface area (Å²) in [6.45, 7) is 9.53. The summed E-state index contributed by atoms with van der Waals surface area (Å²) in [7, 11) is 0. The van der Waals surface area contributed by atoms with Gasteiger partial charge in [-0.1, -0.05) is 26.0 Å². The average molecular weight is 245 g/mol. The minimum Gasteiger partial charge on any atom is -0.328 e. The number of benzene rings is 1. The van der Waals surface area contributed by atoms with E-state index in [1.165, 1.54) is 5.52 Å². The van der Waals surface area contributed by atoms with E-state index in [0.29, 0.717) is 5.92 Å². The molecule has 1 unspecified atom stereocenters. The summed E-state index contributed by atoms with van der Waals surface area (Å²) in [4.78, 5) is 4.73. The third kappa shape index (κ3) is 2.27. The molecule has 2 N–H and O–H groups in total. The molecule has 0 saturated carbocycles. The molecule has 0 aliphatic rings. The maximum atomic E-state index is 6.38. The first kappa shape index (κ1) is 13.1. The van der Waals surface area contributed by atoms with Gasteiger partial charge in [-0.05, 0) is 31.9 Å². The average Bonchev–Trinajstić information content (AvgIpc) is 2.64. The number of para-hydroxylation sites is 2. The van der Waals surface area contributed by atoms with Gasteiger partial charge in [-0.15, -0.1) is 0 Å². The Labute approximate surface area is 109 Å². The molecule has 1 aromatic heterocycles. The fourth-order valence-corrected chi connectivity index (χ4v) is 2.16. The minimum absolute atomic E-state index is 0.214. The molecule has 0 amide bonds. The molecule has 2 aromatic rings. The molecule has 0 saturated heterocycles. The van der Waals surface area contributed by atoms with Gasteiger partial charge >= 0.3 is 0 Å². The van der Waals surface area contributed by atoms with Crippen LogP contribution < -0.4 is 5.73 Å². The molecular weight excluding hydrogens is 222 g/mol.